The van der Waals surface area contributed by atoms with Gasteiger partial charge in [-0.25, -0.2) is 4.98 Å². The zero-order valence-corrected chi connectivity index (χ0v) is 11.6. The second-order valence-corrected chi connectivity index (χ2v) is 5.27. The molecular formula is C15H20N4. The number of nitrogens with one attached hydrogen (secondary N) is 1. The number of nitrogens with zero attached hydrogens (tertiary/aromatic N) is 3. The Hall–Kier alpha value is -1.68. The topological polar surface area (TPSA) is 42.7 Å². The highest BCUT2D eigenvalue weighted by Crippen LogP contribution is 2.27. The molecular weight excluding hydrogens is 236 g/mol. The standard InChI is InChI=1S/C15H20N4/c1-11-3-4-14(12(2)18-11)19-10-17-9-15(19)13-5-7-16-8-6-13/h3-4,9-10,13,16H,5-8H2,1-2H3. The van der Waals surface area contributed by atoms with Crippen molar-refractivity contribution in [3.63, 3.8) is 0 Å². The molecule has 19 heavy (non-hydrogen) atoms. The van der Waals surface area contributed by atoms with Crippen LogP contribution in [0.2, 0.25) is 0 Å². The lowest BCUT2D eigenvalue weighted by Gasteiger charge is -2.24. The van der Waals surface area contributed by atoms with Gasteiger partial charge in [-0.2, -0.15) is 0 Å². The molecule has 0 bridgehead atoms. The van der Waals surface area contributed by atoms with Gasteiger partial charge < -0.3 is 9.88 Å². The van der Waals surface area contributed by atoms with E-state index in [1.807, 2.05) is 19.4 Å². The number of pyridine rings is 1. The number of hydrogen-bond acceptors (Lipinski definition) is 3. The van der Waals surface area contributed by atoms with E-state index in [1.54, 1.807) is 0 Å². The fraction of sp³-hybridized carbons (Fsp3) is 0.467. The summed E-state index contributed by atoms with van der Waals surface area (Å²) in [5.41, 5.74) is 4.59. The van der Waals surface area contributed by atoms with Crippen LogP contribution in [0.15, 0.2) is 24.7 Å². The molecule has 0 atom stereocenters. The van der Waals surface area contributed by atoms with Crippen molar-refractivity contribution in [3.05, 3.63) is 41.7 Å². The number of aromatic nitrogens is 3. The number of imidazole rings is 1. The fourth-order valence-corrected chi connectivity index (χ4v) is 2.86. The van der Waals surface area contributed by atoms with Crippen LogP contribution in [0.4, 0.5) is 0 Å². The Balaban J connectivity index is 1.99. The van der Waals surface area contributed by atoms with Crippen LogP contribution in [0.5, 0.6) is 0 Å². The van der Waals surface area contributed by atoms with Crippen LogP contribution in [-0.4, -0.2) is 27.6 Å². The summed E-state index contributed by atoms with van der Waals surface area (Å²) in [7, 11) is 0. The summed E-state index contributed by atoms with van der Waals surface area (Å²) < 4.78 is 2.21. The van der Waals surface area contributed by atoms with Gasteiger partial charge in [0.2, 0.25) is 0 Å². The van der Waals surface area contributed by atoms with Crippen LogP contribution in [0.3, 0.4) is 0 Å². The monoisotopic (exact) mass is 256 g/mol. The molecule has 4 nitrogen and oxygen atoms in total. The van der Waals surface area contributed by atoms with Crippen molar-refractivity contribution in [2.45, 2.75) is 32.6 Å². The Morgan fingerprint density at radius 3 is 2.74 bits per heavy atom. The van der Waals surface area contributed by atoms with Crippen molar-refractivity contribution in [1.29, 1.82) is 0 Å². The first-order valence-corrected chi connectivity index (χ1v) is 6.93. The molecule has 1 N–H and O–H groups in total. The third-order valence-electron chi connectivity index (χ3n) is 3.88. The summed E-state index contributed by atoms with van der Waals surface area (Å²) in [6.45, 7) is 6.29. The Labute approximate surface area is 113 Å². The Morgan fingerprint density at radius 1 is 1.21 bits per heavy atom. The van der Waals surface area contributed by atoms with Gasteiger partial charge in [-0.05, 0) is 51.9 Å². The number of hydrogen-bond donors (Lipinski definition) is 1. The van der Waals surface area contributed by atoms with Gasteiger partial charge >= 0.3 is 0 Å². The lowest BCUT2D eigenvalue weighted by Crippen LogP contribution is -2.27. The van der Waals surface area contributed by atoms with Gasteiger partial charge in [0.1, 0.15) is 0 Å². The maximum Gasteiger partial charge on any atom is 0.0994 e. The average Bonchev–Trinajstić information content (AvgIpc) is 2.89. The minimum Gasteiger partial charge on any atom is -0.317 e. The van der Waals surface area contributed by atoms with Crippen LogP contribution in [0, 0.1) is 13.8 Å². The highest BCUT2D eigenvalue weighted by molar-refractivity contribution is 5.39. The van der Waals surface area contributed by atoms with Crippen LogP contribution >= 0.6 is 0 Å². The third-order valence-corrected chi connectivity index (χ3v) is 3.88. The Morgan fingerprint density at radius 2 is 2.00 bits per heavy atom. The SMILES string of the molecule is Cc1ccc(-n2cncc2C2CCNCC2)c(C)n1. The van der Waals surface area contributed by atoms with Gasteiger partial charge in [-0.1, -0.05) is 0 Å². The maximum atomic E-state index is 4.55. The molecule has 0 unspecified atom stereocenters. The van der Waals surface area contributed by atoms with E-state index in [4.69, 9.17) is 0 Å². The quantitative estimate of drug-likeness (QED) is 0.897. The van der Waals surface area contributed by atoms with Crippen LogP contribution in [0.1, 0.15) is 35.8 Å². The summed E-state index contributed by atoms with van der Waals surface area (Å²) in [6, 6.07) is 4.21. The largest absolute Gasteiger partial charge is 0.317 e. The number of aryl methyl sites for hydroxylation is 2. The van der Waals surface area contributed by atoms with Crippen LogP contribution < -0.4 is 5.32 Å². The van der Waals surface area contributed by atoms with Gasteiger partial charge in [0, 0.05) is 23.5 Å². The molecule has 2 aromatic rings. The molecule has 3 rings (SSSR count). The lowest BCUT2D eigenvalue weighted by molar-refractivity contribution is 0.449. The Bertz CT molecular complexity index is 567. The fourth-order valence-electron chi connectivity index (χ4n) is 2.86. The second-order valence-electron chi connectivity index (χ2n) is 5.27. The van der Waals surface area contributed by atoms with E-state index in [2.05, 4.69) is 38.9 Å². The summed E-state index contributed by atoms with van der Waals surface area (Å²) in [5.74, 6) is 0.601. The molecule has 0 aromatic carbocycles. The van der Waals surface area contributed by atoms with E-state index in [0.717, 1.165) is 30.2 Å². The first-order chi connectivity index (χ1) is 9.25. The molecule has 0 amide bonds. The van der Waals surface area contributed by atoms with Gasteiger partial charge in [0.25, 0.3) is 0 Å². The molecule has 100 valence electrons. The van der Waals surface area contributed by atoms with E-state index in [-0.39, 0.29) is 0 Å². The highest BCUT2D eigenvalue weighted by atomic mass is 15.1. The van der Waals surface area contributed by atoms with Crippen LogP contribution in [-0.2, 0) is 0 Å². The molecule has 1 aliphatic heterocycles. The zero-order chi connectivity index (χ0) is 13.2. The summed E-state index contributed by atoms with van der Waals surface area (Å²) in [4.78, 5) is 8.91. The highest BCUT2D eigenvalue weighted by Gasteiger charge is 2.20. The Kier molecular flexibility index (Phi) is 3.34. The predicted molar refractivity (Wildman–Crippen MR) is 75.7 cm³/mol. The molecule has 3 heterocycles. The molecule has 0 saturated carbocycles. The van der Waals surface area contributed by atoms with Crippen molar-refractivity contribution in [2.75, 3.05) is 13.1 Å². The first kappa shape index (κ1) is 12.4. The predicted octanol–water partition coefficient (Wildman–Crippen LogP) is 2.35. The van der Waals surface area contributed by atoms with Crippen molar-refractivity contribution < 1.29 is 0 Å². The number of piperidine rings is 1. The van der Waals surface area contributed by atoms with E-state index >= 15 is 0 Å². The smallest absolute Gasteiger partial charge is 0.0994 e. The van der Waals surface area contributed by atoms with Crippen molar-refractivity contribution in [3.8, 4) is 5.69 Å². The molecule has 1 aliphatic rings. The van der Waals surface area contributed by atoms with Gasteiger partial charge in [-0.3, -0.25) is 4.98 Å². The molecule has 1 fully saturated rings. The molecule has 0 radical (unpaired) electrons. The van der Waals surface area contributed by atoms with Gasteiger partial charge in [0.15, 0.2) is 0 Å². The van der Waals surface area contributed by atoms with E-state index in [0.29, 0.717) is 5.92 Å². The van der Waals surface area contributed by atoms with Gasteiger partial charge in [-0.15, -0.1) is 0 Å². The van der Waals surface area contributed by atoms with Gasteiger partial charge in [0.05, 0.1) is 17.7 Å². The summed E-state index contributed by atoms with van der Waals surface area (Å²) in [6.07, 6.45) is 6.29. The zero-order valence-electron chi connectivity index (χ0n) is 11.6. The normalized spacial score (nSPS) is 16.7. The van der Waals surface area contributed by atoms with Crippen LogP contribution in [0.25, 0.3) is 5.69 Å². The number of rotatable bonds is 2. The summed E-state index contributed by atoms with van der Waals surface area (Å²) in [5, 5.41) is 3.41. The van der Waals surface area contributed by atoms with Crippen molar-refractivity contribution in [1.82, 2.24) is 19.9 Å². The second kappa shape index (κ2) is 5.13. The van der Waals surface area contributed by atoms with Crippen molar-refractivity contribution in [2.24, 2.45) is 0 Å². The third kappa shape index (κ3) is 2.40. The lowest BCUT2D eigenvalue weighted by atomic mass is 9.95. The van der Waals surface area contributed by atoms with E-state index < -0.39 is 0 Å². The molecule has 2 aromatic heterocycles. The maximum absolute atomic E-state index is 4.55. The molecule has 0 aliphatic carbocycles. The molecule has 4 heteroatoms. The van der Waals surface area contributed by atoms with E-state index in [9.17, 15) is 0 Å². The summed E-state index contributed by atoms with van der Waals surface area (Å²) >= 11 is 0. The van der Waals surface area contributed by atoms with Crippen molar-refractivity contribution >= 4 is 0 Å². The minimum atomic E-state index is 0.601. The molecule has 1 saturated heterocycles. The minimum absolute atomic E-state index is 0.601. The van der Waals surface area contributed by atoms with E-state index in [1.165, 1.54) is 18.5 Å². The average molecular weight is 256 g/mol. The first-order valence-electron chi connectivity index (χ1n) is 6.93. The molecule has 0 spiro atoms.